The quantitative estimate of drug-likeness (QED) is 0.484. The lowest BCUT2D eigenvalue weighted by Crippen LogP contribution is -2.47. The molecule has 1 saturated heterocycles. The van der Waals surface area contributed by atoms with Crippen molar-refractivity contribution in [3.8, 4) is 0 Å². The third-order valence-corrected chi connectivity index (χ3v) is 6.12. The summed E-state index contributed by atoms with van der Waals surface area (Å²) in [5.41, 5.74) is 3.44. The molecule has 33 heavy (non-hydrogen) atoms. The number of amides is 3. The van der Waals surface area contributed by atoms with Crippen molar-refractivity contribution in [2.24, 2.45) is 0 Å². The van der Waals surface area contributed by atoms with Crippen molar-refractivity contribution in [1.29, 1.82) is 0 Å². The molecule has 0 spiro atoms. The number of benzene rings is 3. The van der Waals surface area contributed by atoms with E-state index in [2.05, 4.69) is 0 Å². The molecular weight excluding hydrogens is 436 g/mol. The zero-order chi connectivity index (χ0) is 23.4. The van der Waals surface area contributed by atoms with Crippen LogP contribution in [0.2, 0.25) is 5.02 Å². The van der Waals surface area contributed by atoms with Crippen LogP contribution in [-0.4, -0.2) is 35.2 Å². The number of nitrogens with zero attached hydrogens (tertiary/aromatic N) is 2. The molecule has 1 heterocycles. The Hall–Kier alpha value is -3.44. The molecule has 0 saturated carbocycles. The molecule has 1 aliphatic heterocycles. The first-order valence-corrected chi connectivity index (χ1v) is 11.3. The molecule has 0 aromatic heterocycles. The van der Waals surface area contributed by atoms with Crippen LogP contribution in [-0.2, 0) is 27.2 Å². The van der Waals surface area contributed by atoms with E-state index in [1.165, 1.54) is 4.90 Å². The lowest BCUT2D eigenvalue weighted by molar-refractivity contribution is -0.137. The number of aryl methyl sites for hydroxylation is 1. The third kappa shape index (κ3) is 5.32. The van der Waals surface area contributed by atoms with Crippen LogP contribution in [0.5, 0.6) is 0 Å². The lowest BCUT2D eigenvalue weighted by atomic mass is 10.1. The summed E-state index contributed by atoms with van der Waals surface area (Å²) in [6.45, 7) is 2.29. The molecule has 1 fully saturated rings. The highest BCUT2D eigenvalue weighted by Gasteiger charge is 2.44. The van der Waals surface area contributed by atoms with Crippen LogP contribution in [0, 0.1) is 6.92 Å². The average Bonchev–Trinajstić information content (AvgIpc) is 3.10. The Bertz CT molecular complexity index is 1140. The van der Waals surface area contributed by atoms with Gasteiger partial charge in [0, 0.05) is 11.6 Å². The van der Waals surface area contributed by atoms with Crippen LogP contribution in [0.25, 0.3) is 0 Å². The van der Waals surface area contributed by atoms with Crippen molar-refractivity contribution in [1.82, 2.24) is 4.90 Å². The molecule has 3 aromatic rings. The molecule has 6 heteroatoms. The summed E-state index contributed by atoms with van der Waals surface area (Å²) in [5.74, 6) is -0.843. The summed E-state index contributed by atoms with van der Waals surface area (Å²) in [6.07, 6.45) is 0.706. The molecule has 1 unspecified atom stereocenters. The van der Waals surface area contributed by atoms with E-state index in [0.29, 0.717) is 23.7 Å². The fraction of sp³-hybridized carbons (Fsp3) is 0.222. The largest absolute Gasteiger partial charge is 0.329 e. The van der Waals surface area contributed by atoms with Gasteiger partial charge in [-0.3, -0.25) is 14.4 Å². The molecular formula is C27H25ClN2O3. The smallest absolute Gasteiger partial charge is 0.257 e. The van der Waals surface area contributed by atoms with E-state index < -0.39 is 6.04 Å². The van der Waals surface area contributed by atoms with Gasteiger partial charge in [0.25, 0.3) is 5.91 Å². The molecule has 5 nitrogen and oxygen atoms in total. The van der Waals surface area contributed by atoms with Gasteiger partial charge in [0.15, 0.2) is 0 Å². The number of anilines is 1. The van der Waals surface area contributed by atoms with Gasteiger partial charge < -0.3 is 4.90 Å². The van der Waals surface area contributed by atoms with Gasteiger partial charge >= 0.3 is 0 Å². The summed E-state index contributed by atoms with van der Waals surface area (Å²) < 4.78 is 0. The van der Waals surface area contributed by atoms with Gasteiger partial charge in [0.2, 0.25) is 11.8 Å². The van der Waals surface area contributed by atoms with E-state index in [1.807, 2.05) is 49.4 Å². The maximum absolute atomic E-state index is 13.4. The first-order valence-electron chi connectivity index (χ1n) is 10.9. The Morgan fingerprint density at radius 2 is 1.61 bits per heavy atom. The zero-order valence-electron chi connectivity index (χ0n) is 18.4. The van der Waals surface area contributed by atoms with E-state index in [9.17, 15) is 14.4 Å². The fourth-order valence-electron chi connectivity index (χ4n) is 4.05. The van der Waals surface area contributed by atoms with Gasteiger partial charge in [-0.25, -0.2) is 4.90 Å². The summed E-state index contributed by atoms with van der Waals surface area (Å²) in [7, 11) is 0. The minimum Gasteiger partial charge on any atom is -0.329 e. The minimum atomic E-state index is -0.817. The predicted octanol–water partition coefficient (Wildman–Crippen LogP) is 4.59. The van der Waals surface area contributed by atoms with Crippen LogP contribution in [0.4, 0.5) is 5.69 Å². The average molecular weight is 461 g/mol. The fourth-order valence-corrected chi connectivity index (χ4v) is 4.18. The first kappa shape index (κ1) is 22.7. The van der Waals surface area contributed by atoms with Crippen LogP contribution >= 0.6 is 11.6 Å². The number of hydrogen-bond donors (Lipinski definition) is 0. The normalized spacial score (nSPS) is 15.7. The van der Waals surface area contributed by atoms with E-state index >= 15 is 0 Å². The van der Waals surface area contributed by atoms with Gasteiger partial charge in [0.1, 0.15) is 6.04 Å². The second-order valence-electron chi connectivity index (χ2n) is 8.25. The maximum Gasteiger partial charge on any atom is 0.257 e. The molecule has 1 aliphatic rings. The lowest BCUT2D eigenvalue weighted by Gasteiger charge is -2.28. The number of carbonyl (C=O) groups is 3. The minimum absolute atomic E-state index is 0.0200. The van der Waals surface area contributed by atoms with Crippen molar-refractivity contribution in [2.45, 2.75) is 32.2 Å². The van der Waals surface area contributed by atoms with E-state index in [4.69, 9.17) is 11.6 Å². The molecule has 3 aromatic carbocycles. The topological polar surface area (TPSA) is 57.7 Å². The number of imide groups is 1. The number of rotatable bonds is 7. The van der Waals surface area contributed by atoms with Crippen LogP contribution in [0.1, 0.15) is 23.1 Å². The second-order valence-corrected chi connectivity index (χ2v) is 8.69. The highest BCUT2D eigenvalue weighted by atomic mass is 35.5. The first-order chi connectivity index (χ1) is 15.9. The maximum atomic E-state index is 13.4. The van der Waals surface area contributed by atoms with Crippen molar-refractivity contribution < 1.29 is 14.4 Å². The molecule has 168 valence electrons. The van der Waals surface area contributed by atoms with E-state index in [0.717, 1.165) is 16.7 Å². The van der Waals surface area contributed by atoms with Crippen molar-refractivity contribution in [2.75, 3.05) is 11.4 Å². The zero-order valence-corrected chi connectivity index (χ0v) is 19.2. The predicted molar refractivity (Wildman–Crippen MR) is 129 cm³/mol. The molecule has 3 amide bonds. The number of halogens is 1. The monoisotopic (exact) mass is 460 g/mol. The van der Waals surface area contributed by atoms with Gasteiger partial charge in [-0.1, -0.05) is 71.8 Å². The Morgan fingerprint density at radius 3 is 2.27 bits per heavy atom. The Labute approximate surface area is 198 Å². The molecule has 0 radical (unpaired) electrons. The summed E-state index contributed by atoms with van der Waals surface area (Å²) in [5, 5.41) is 0.595. The van der Waals surface area contributed by atoms with Gasteiger partial charge in [-0.2, -0.15) is 0 Å². The molecule has 4 rings (SSSR count). The molecule has 1 atom stereocenters. The van der Waals surface area contributed by atoms with Crippen LogP contribution in [0.15, 0.2) is 78.9 Å². The van der Waals surface area contributed by atoms with E-state index in [1.54, 1.807) is 41.3 Å². The van der Waals surface area contributed by atoms with Gasteiger partial charge in [-0.15, -0.1) is 0 Å². The molecule has 0 N–H and O–H groups in total. The number of hydrogen-bond acceptors (Lipinski definition) is 3. The summed E-state index contributed by atoms with van der Waals surface area (Å²) in [6, 6.07) is 23.3. The molecule has 0 aliphatic carbocycles. The van der Waals surface area contributed by atoms with Crippen LogP contribution < -0.4 is 4.90 Å². The summed E-state index contributed by atoms with van der Waals surface area (Å²) in [4.78, 5) is 42.3. The third-order valence-electron chi connectivity index (χ3n) is 5.86. The highest BCUT2D eigenvalue weighted by molar-refractivity contribution is 6.30. The standard InChI is InChI=1S/C27H25ClN2O3/c1-19-7-13-23(14-8-19)30-26(32)18-24(27(30)33)29(16-15-20-5-3-2-4-6-20)25(31)17-21-9-11-22(28)12-10-21/h2-14,24H,15-18H2,1H3. The Balaban J connectivity index is 1.58. The van der Waals surface area contributed by atoms with Crippen molar-refractivity contribution in [3.05, 3.63) is 101 Å². The van der Waals surface area contributed by atoms with Crippen molar-refractivity contribution >= 4 is 35.0 Å². The Kier molecular flexibility index (Phi) is 6.90. The van der Waals surface area contributed by atoms with E-state index in [-0.39, 0.29) is 30.6 Å². The second kappa shape index (κ2) is 10.0. The molecule has 0 bridgehead atoms. The number of carbonyl (C=O) groups excluding carboxylic acids is 3. The SMILES string of the molecule is Cc1ccc(N2C(=O)CC(N(CCc3ccccc3)C(=O)Cc3ccc(Cl)cc3)C2=O)cc1. The van der Waals surface area contributed by atoms with Crippen LogP contribution in [0.3, 0.4) is 0 Å². The van der Waals surface area contributed by atoms with Gasteiger partial charge in [-0.05, 0) is 48.7 Å². The summed E-state index contributed by atoms with van der Waals surface area (Å²) >= 11 is 5.97. The highest BCUT2D eigenvalue weighted by Crippen LogP contribution is 2.27. The Morgan fingerprint density at radius 1 is 0.939 bits per heavy atom. The van der Waals surface area contributed by atoms with Gasteiger partial charge in [0.05, 0.1) is 18.5 Å². The van der Waals surface area contributed by atoms with Crippen molar-refractivity contribution in [3.63, 3.8) is 0 Å².